The predicted molar refractivity (Wildman–Crippen MR) is 103 cm³/mol. The molecule has 4 rings (SSSR count). The van der Waals surface area contributed by atoms with E-state index < -0.39 is 5.91 Å². The van der Waals surface area contributed by atoms with Crippen LogP contribution in [0.3, 0.4) is 0 Å². The van der Waals surface area contributed by atoms with Gasteiger partial charge in [0.05, 0.1) is 16.8 Å². The smallest absolute Gasteiger partial charge is 0.301 e. The van der Waals surface area contributed by atoms with Gasteiger partial charge in [-0.05, 0) is 18.2 Å². The average Bonchev–Trinajstić information content (AvgIpc) is 3.32. The first-order valence-corrected chi connectivity index (χ1v) is 9.36. The lowest BCUT2D eigenvalue weighted by atomic mass is 10.1. The second-order valence-corrected chi connectivity index (χ2v) is 7.01. The van der Waals surface area contributed by atoms with E-state index in [1.165, 1.54) is 23.5 Å². The Morgan fingerprint density at radius 3 is 2.86 bits per heavy atom. The highest BCUT2D eigenvalue weighted by molar-refractivity contribution is 7.16. The molecule has 0 aliphatic carbocycles. The van der Waals surface area contributed by atoms with Crippen molar-refractivity contribution in [3.63, 3.8) is 0 Å². The van der Waals surface area contributed by atoms with E-state index in [0.717, 1.165) is 11.1 Å². The number of carbonyl (C=O) groups is 1. The Bertz CT molecular complexity index is 1190. The average molecular weight is 397 g/mol. The molecule has 2 heterocycles. The van der Waals surface area contributed by atoms with Crippen LogP contribution in [-0.4, -0.2) is 29.3 Å². The van der Waals surface area contributed by atoms with Crippen molar-refractivity contribution >= 4 is 27.5 Å². The Morgan fingerprint density at radius 2 is 2.07 bits per heavy atom. The lowest BCUT2D eigenvalue weighted by molar-refractivity contribution is 0.0989. The maximum absolute atomic E-state index is 13.6. The molecular weight excluding hydrogens is 381 g/mol. The summed E-state index contributed by atoms with van der Waals surface area (Å²) in [6.07, 6.45) is 0. The highest BCUT2D eigenvalue weighted by Gasteiger charge is 2.15. The van der Waals surface area contributed by atoms with Crippen molar-refractivity contribution in [2.75, 3.05) is 13.7 Å². The van der Waals surface area contributed by atoms with Crippen molar-refractivity contribution in [2.45, 2.75) is 6.54 Å². The van der Waals surface area contributed by atoms with Gasteiger partial charge in [0.2, 0.25) is 0 Å². The molecule has 0 bridgehead atoms. The van der Waals surface area contributed by atoms with Crippen LogP contribution >= 0.6 is 11.3 Å². The summed E-state index contributed by atoms with van der Waals surface area (Å²) in [6, 6.07) is 15.4. The lowest BCUT2D eigenvalue weighted by Crippen LogP contribution is -2.19. The van der Waals surface area contributed by atoms with Crippen LogP contribution in [0.4, 0.5) is 4.39 Å². The highest BCUT2D eigenvalue weighted by Crippen LogP contribution is 2.21. The van der Waals surface area contributed by atoms with Gasteiger partial charge in [-0.25, -0.2) is 4.39 Å². The van der Waals surface area contributed by atoms with Crippen LogP contribution in [-0.2, 0) is 11.3 Å². The maximum Gasteiger partial charge on any atom is 0.301 e. The summed E-state index contributed by atoms with van der Waals surface area (Å²) in [5.74, 6) is -0.372. The van der Waals surface area contributed by atoms with Crippen molar-refractivity contribution in [1.29, 1.82) is 0 Å². The third-order valence-electron chi connectivity index (χ3n) is 4.15. The van der Waals surface area contributed by atoms with Crippen molar-refractivity contribution < 1.29 is 18.4 Å². The number of carbonyl (C=O) groups excluding carboxylic acids is 1. The Morgan fingerprint density at radius 1 is 1.25 bits per heavy atom. The SMILES string of the molecule is COCCn1c(=NC(=O)c2cc(-c3ccccc3)on2)sc2cc(F)ccc21. The molecule has 1 amide bonds. The summed E-state index contributed by atoms with van der Waals surface area (Å²) in [4.78, 5) is 17.3. The molecule has 2 aromatic carbocycles. The molecular formula is C20H16FN3O3S. The largest absolute Gasteiger partial charge is 0.383 e. The predicted octanol–water partition coefficient (Wildman–Crippen LogP) is 3.88. The molecule has 28 heavy (non-hydrogen) atoms. The van der Waals surface area contributed by atoms with Gasteiger partial charge < -0.3 is 13.8 Å². The second-order valence-electron chi connectivity index (χ2n) is 6.00. The van der Waals surface area contributed by atoms with Crippen LogP contribution in [0.25, 0.3) is 21.5 Å². The third kappa shape index (κ3) is 3.64. The minimum atomic E-state index is -0.524. The van der Waals surface area contributed by atoms with Crippen LogP contribution in [0.5, 0.6) is 0 Å². The highest BCUT2D eigenvalue weighted by atomic mass is 32.1. The Hall–Kier alpha value is -3.10. The van der Waals surface area contributed by atoms with Gasteiger partial charge in [-0.15, -0.1) is 0 Å². The van der Waals surface area contributed by atoms with Gasteiger partial charge in [0.1, 0.15) is 5.82 Å². The van der Waals surface area contributed by atoms with Crippen molar-refractivity contribution in [3.05, 3.63) is 70.9 Å². The zero-order chi connectivity index (χ0) is 19.5. The number of ether oxygens (including phenoxy) is 1. The van der Waals surface area contributed by atoms with E-state index >= 15 is 0 Å². The van der Waals surface area contributed by atoms with E-state index in [4.69, 9.17) is 9.26 Å². The molecule has 0 fully saturated rings. The molecule has 0 aliphatic heterocycles. The topological polar surface area (TPSA) is 69.6 Å². The molecule has 142 valence electrons. The summed E-state index contributed by atoms with van der Waals surface area (Å²) in [6.45, 7) is 0.926. The van der Waals surface area contributed by atoms with E-state index in [0.29, 0.717) is 28.4 Å². The molecule has 8 heteroatoms. The van der Waals surface area contributed by atoms with E-state index in [1.807, 2.05) is 34.9 Å². The van der Waals surface area contributed by atoms with E-state index in [1.54, 1.807) is 19.2 Å². The molecule has 0 atom stereocenters. The summed E-state index contributed by atoms with van der Waals surface area (Å²) in [5.41, 5.74) is 1.72. The van der Waals surface area contributed by atoms with Crippen molar-refractivity contribution in [1.82, 2.24) is 9.72 Å². The molecule has 4 aromatic rings. The Balaban J connectivity index is 1.73. The summed E-state index contributed by atoms with van der Waals surface area (Å²) < 4.78 is 26.5. The number of methoxy groups -OCH3 is 1. The number of thiazole rings is 1. The van der Waals surface area contributed by atoms with Gasteiger partial charge in [0.15, 0.2) is 16.3 Å². The molecule has 0 spiro atoms. The summed E-state index contributed by atoms with van der Waals surface area (Å²) >= 11 is 1.24. The normalized spacial score (nSPS) is 12.0. The summed E-state index contributed by atoms with van der Waals surface area (Å²) in [7, 11) is 1.59. The minimum Gasteiger partial charge on any atom is -0.383 e. The number of aromatic nitrogens is 2. The summed E-state index contributed by atoms with van der Waals surface area (Å²) in [5, 5.41) is 3.84. The van der Waals surface area contributed by atoms with Gasteiger partial charge in [-0.3, -0.25) is 4.79 Å². The molecule has 0 aliphatic rings. The maximum atomic E-state index is 13.6. The molecule has 2 aromatic heterocycles. The number of fused-ring (bicyclic) bond motifs is 1. The fourth-order valence-corrected chi connectivity index (χ4v) is 3.87. The zero-order valence-electron chi connectivity index (χ0n) is 15.0. The number of halogens is 1. The van der Waals surface area contributed by atoms with Crippen molar-refractivity contribution in [2.24, 2.45) is 4.99 Å². The first kappa shape index (κ1) is 18.3. The van der Waals surface area contributed by atoms with E-state index in [9.17, 15) is 9.18 Å². The Labute approximate surface area is 163 Å². The number of nitrogens with zero attached hydrogens (tertiary/aromatic N) is 3. The number of benzene rings is 2. The molecule has 0 saturated heterocycles. The standard InChI is InChI=1S/C20H16FN3O3S/c1-26-10-9-24-16-8-7-14(21)11-18(16)28-20(24)22-19(25)15-12-17(27-23-15)13-5-3-2-4-6-13/h2-8,11-12H,9-10H2,1H3. The van der Waals surface area contributed by atoms with Crippen LogP contribution < -0.4 is 4.80 Å². The Kier molecular flexibility index (Phi) is 5.14. The zero-order valence-corrected chi connectivity index (χ0v) is 15.8. The number of rotatable bonds is 5. The first-order chi connectivity index (χ1) is 13.7. The van der Waals surface area contributed by atoms with Crippen molar-refractivity contribution in [3.8, 4) is 11.3 Å². The van der Waals surface area contributed by atoms with Gasteiger partial charge >= 0.3 is 5.91 Å². The molecule has 0 N–H and O–H groups in total. The third-order valence-corrected chi connectivity index (χ3v) is 5.19. The van der Waals surface area contributed by atoms with E-state index in [2.05, 4.69) is 10.1 Å². The fraction of sp³-hybridized carbons (Fsp3) is 0.150. The van der Waals surface area contributed by atoms with Gasteiger partial charge in [-0.1, -0.05) is 46.8 Å². The second kappa shape index (κ2) is 7.87. The molecule has 0 unspecified atom stereocenters. The van der Waals surface area contributed by atoms with Crippen LogP contribution in [0.15, 0.2) is 64.1 Å². The monoisotopic (exact) mass is 397 g/mol. The first-order valence-electron chi connectivity index (χ1n) is 8.55. The van der Waals surface area contributed by atoms with Crippen LogP contribution in [0, 0.1) is 5.82 Å². The van der Waals surface area contributed by atoms with Gasteiger partial charge in [0, 0.05) is 25.3 Å². The quantitative estimate of drug-likeness (QED) is 0.512. The molecule has 6 nitrogen and oxygen atoms in total. The van der Waals surface area contributed by atoms with Gasteiger partial charge in [-0.2, -0.15) is 4.99 Å². The van der Waals surface area contributed by atoms with Gasteiger partial charge in [0.25, 0.3) is 0 Å². The number of amides is 1. The fourth-order valence-electron chi connectivity index (χ4n) is 2.79. The molecule has 0 saturated carbocycles. The van der Waals surface area contributed by atoms with Crippen LogP contribution in [0.2, 0.25) is 0 Å². The lowest BCUT2D eigenvalue weighted by Gasteiger charge is -2.03. The van der Waals surface area contributed by atoms with Crippen LogP contribution in [0.1, 0.15) is 10.5 Å². The number of hydrogen-bond donors (Lipinski definition) is 0. The molecule has 0 radical (unpaired) electrons. The van der Waals surface area contributed by atoms with E-state index in [-0.39, 0.29) is 11.5 Å². The minimum absolute atomic E-state index is 0.112. The number of hydrogen-bond acceptors (Lipinski definition) is 5.